The standard InChI is InChI=1S/C18H17FN2O4S/c1-12(22)13-6-8-14(9-7-13)26(24,25)21-11-10-20-18(23)17(21)15-4-2-3-5-16(15)19/h2-9,17H,10-11H2,1H3,(H,20,23). The Morgan fingerprint density at radius 1 is 1.15 bits per heavy atom. The van der Waals surface area contributed by atoms with E-state index in [1.807, 2.05) is 0 Å². The van der Waals surface area contributed by atoms with E-state index in [2.05, 4.69) is 5.32 Å². The van der Waals surface area contributed by atoms with E-state index in [9.17, 15) is 22.4 Å². The first-order chi connectivity index (χ1) is 12.3. The van der Waals surface area contributed by atoms with Gasteiger partial charge in [-0.3, -0.25) is 9.59 Å². The zero-order valence-corrected chi connectivity index (χ0v) is 14.8. The fraction of sp³-hybridized carbons (Fsp3) is 0.222. The molecule has 1 saturated heterocycles. The maximum atomic E-state index is 14.2. The second-order valence-electron chi connectivity index (χ2n) is 5.91. The average molecular weight is 376 g/mol. The third-order valence-corrected chi connectivity index (χ3v) is 6.11. The molecule has 1 amide bonds. The van der Waals surface area contributed by atoms with Gasteiger partial charge in [0.25, 0.3) is 0 Å². The molecule has 0 bridgehead atoms. The number of nitrogens with one attached hydrogen (secondary N) is 1. The first-order valence-electron chi connectivity index (χ1n) is 7.97. The molecular weight excluding hydrogens is 359 g/mol. The largest absolute Gasteiger partial charge is 0.353 e. The second-order valence-corrected chi connectivity index (χ2v) is 7.80. The number of carbonyl (C=O) groups excluding carboxylic acids is 2. The van der Waals surface area contributed by atoms with Gasteiger partial charge in [0.15, 0.2) is 5.78 Å². The van der Waals surface area contributed by atoms with Crippen LogP contribution in [0, 0.1) is 5.82 Å². The SMILES string of the molecule is CC(=O)c1ccc(S(=O)(=O)N2CCNC(=O)C2c2ccccc2F)cc1. The summed E-state index contributed by atoms with van der Waals surface area (Å²) in [6.45, 7) is 1.53. The van der Waals surface area contributed by atoms with Crippen LogP contribution in [0.5, 0.6) is 0 Å². The summed E-state index contributed by atoms with van der Waals surface area (Å²) in [5.41, 5.74) is 0.375. The summed E-state index contributed by atoms with van der Waals surface area (Å²) in [7, 11) is -4.06. The van der Waals surface area contributed by atoms with Crippen molar-refractivity contribution in [1.82, 2.24) is 9.62 Å². The third-order valence-electron chi connectivity index (χ3n) is 4.23. The zero-order valence-electron chi connectivity index (χ0n) is 14.0. The minimum Gasteiger partial charge on any atom is -0.353 e. The van der Waals surface area contributed by atoms with Gasteiger partial charge in [0.1, 0.15) is 11.9 Å². The van der Waals surface area contributed by atoms with Crippen LogP contribution in [0.2, 0.25) is 0 Å². The number of piperazine rings is 1. The number of benzene rings is 2. The molecule has 1 aliphatic heterocycles. The molecule has 2 aromatic carbocycles. The van der Waals surface area contributed by atoms with Crippen LogP contribution in [0.25, 0.3) is 0 Å². The molecule has 1 N–H and O–H groups in total. The maximum Gasteiger partial charge on any atom is 0.244 e. The van der Waals surface area contributed by atoms with Gasteiger partial charge in [0.2, 0.25) is 15.9 Å². The maximum absolute atomic E-state index is 14.2. The van der Waals surface area contributed by atoms with Gasteiger partial charge in [-0.2, -0.15) is 4.31 Å². The summed E-state index contributed by atoms with van der Waals surface area (Å²) in [4.78, 5) is 23.7. The van der Waals surface area contributed by atoms with Crippen LogP contribution < -0.4 is 5.32 Å². The van der Waals surface area contributed by atoms with Crippen molar-refractivity contribution in [3.8, 4) is 0 Å². The Bertz CT molecular complexity index is 957. The molecule has 3 rings (SSSR count). The highest BCUT2D eigenvalue weighted by atomic mass is 32.2. The molecule has 0 aliphatic carbocycles. The van der Waals surface area contributed by atoms with E-state index in [-0.39, 0.29) is 29.3 Å². The van der Waals surface area contributed by atoms with Crippen LogP contribution in [-0.2, 0) is 14.8 Å². The first kappa shape index (κ1) is 18.2. The lowest BCUT2D eigenvalue weighted by atomic mass is 10.0. The minimum atomic E-state index is -4.06. The number of Topliss-reactive ketones (excluding diaryl/α,β-unsaturated/α-hetero) is 1. The normalized spacial score (nSPS) is 18.4. The van der Waals surface area contributed by atoms with Gasteiger partial charge in [-0.15, -0.1) is 0 Å². The number of rotatable bonds is 4. The first-order valence-corrected chi connectivity index (χ1v) is 9.41. The Morgan fingerprint density at radius 3 is 2.42 bits per heavy atom. The molecule has 0 spiro atoms. The predicted octanol–water partition coefficient (Wildman–Crippen LogP) is 1.89. The van der Waals surface area contributed by atoms with Crippen LogP contribution in [0.1, 0.15) is 28.9 Å². The summed E-state index contributed by atoms with van der Waals surface area (Å²) in [6, 6.07) is 9.77. The molecule has 1 aliphatic rings. The number of nitrogens with zero attached hydrogens (tertiary/aromatic N) is 1. The number of carbonyl (C=O) groups is 2. The molecule has 0 saturated carbocycles. The Kier molecular flexibility index (Phi) is 4.88. The number of hydrogen-bond acceptors (Lipinski definition) is 4. The van der Waals surface area contributed by atoms with E-state index >= 15 is 0 Å². The van der Waals surface area contributed by atoms with Crippen molar-refractivity contribution in [3.05, 3.63) is 65.5 Å². The summed E-state index contributed by atoms with van der Waals surface area (Å²) in [5.74, 6) is -1.41. The Hall–Kier alpha value is -2.58. The van der Waals surface area contributed by atoms with Crippen LogP contribution >= 0.6 is 0 Å². The monoisotopic (exact) mass is 376 g/mol. The second kappa shape index (κ2) is 6.97. The molecule has 0 radical (unpaired) electrons. The average Bonchev–Trinajstić information content (AvgIpc) is 2.62. The van der Waals surface area contributed by atoms with Gasteiger partial charge in [0, 0.05) is 24.2 Å². The summed E-state index contributed by atoms with van der Waals surface area (Å²) in [6.07, 6.45) is 0. The molecule has 26 heavy (non-hydrogen) atoms. The van der Waals surface area contributed by atoms with Gasteiger partial charge >= 0.3 is 0 Å². The van der Waals surface area contributed by atoms with Crippen LogP contribution in [0.3, 0.4) is 0 Å². The number of halogens is 1. The molecule has 2 aromatic rings. The Morgan fingerprint density at radius 2 is 1.81 bits per heavy atom. The number of ketones is 1. The van der Waals surface area contributed by atoms with Crippen molar-refractivity contribution in [2.24, 2.45) is 0 Å². The van der Waals surface area contributed by atoms with E-state index < -0.39 is 27.8 Å². The molecule has 1 atom stereocenters. The van der Waals surface area contributed by atoms with Crippen LogP contribution in [0.15, 0.2) is 53.4 Å². The highest BCUT2D eigenvalue weighted by molar-refractivity contribution is 7.89. The molecule has 6 nitrogen and oxygen atoms in total. The third kappa shape index (κ3) is 3.25. The van der Waals surface area contributed by atoms with Gasteiger partial charge in [-0.25, -0.2) is 12.8 Å². The highest BCUT2D eigenvalue weighted by Gasteiger charge is 2.40. The molecular formula is C18H17FN2O4S. The Labute approximate surface area is 150 Å². The molecule has 1 fully saturated rings. The number of amides is 1. The predicted molar refractivity (Wildman–Crippen MR) is 92.5 cm³/mol. The van der Waals surface area contributed by atoms with Gasteiger partial charge < -0.3 is 5.32 Å². The fourth-order valence-electron chi connectivity index (χ4n) is 2.90. The number of sulfonamides is 1. The zero-order chi connectivity index (χ0) is 18.9. The van der Waals surface area contributed by atoms with E-state index in [4.69, 9.17) is 0 Å². The van der Waals surface area contributed by atoms with E-state index in [0.717, 1.165) is 4.31 Å². The van der Waals surface area contributed by atoms with E-state index in [1.165, 1.54) is 49.4 Å². The lowest BCUT2D eigenvalue weighted by Gasteiger charge is -2.34. The summed E-state index contributed by atoms with van der Waals surface area (Å²) < 4.78 is 41.3. The van der Waals surface area contributed by atoms with Crippen LogP contribution in [0.4, 0.5) is 4.39 Å². The van der Waals surface area contributed by atoms with Crippen molar-refractivity contribution in [3.63, 3.8) is 0 Å². The molecule has 136 valence electrons. The lowest BCUT2D eigenvalue weighted by Crippen LogP contribution is -2.52. The van der Waals surface area contributed by atoms with Gasteiger partial charge in [-0.1, -0.05) is 30.3 Å². The van der Waals surface area contributed by atoms with Crippen molar-refractivity contribution < 1.29 is 22.4 Å². The van der Waals surface area contributed by atoms with Crippen molar-refractivity contribution in [1.29, 1.82) is 0 Å². The van der Waals surface area contributed by atoms with Gasteiger partial charge in [0.05, 0.1) is 4.90 Å². The van der Waals surface area contributed by atoms with E-state index in [0.29, 0.717) is 5.56 Å². The molecule has 1 heterocycles. The minimum absolute atomic E-state index is 0.00590. The van der Waals surface area contributed by atoms with Gasteiger partial charge in [-0.05, 0) is 25.1 Å². The summed E-state index contributed by atoms with van der Waals surface area (Å²) >= 11 is 0. The molecule has 1 unspecified atom stereocenters. The Balaban J connectivity index is 2.05. The smallest absolute Gasteiger partial charge is 0.244 e. The fourth-order valence-corrected chi connectivity index (χ4v) is 4.46. The van der Waals surface area contributed by atoms with Crippen molar-refractivity contribution >= 4 is 21.7 Å². The molecule has 0 aromatic heterocycles. The van der Waals surface area contributed by atoms with Crippen molar-refractivity contribution in [2.45, 2.75) is 17.9 Å². The van der Waals surface area contributed by atoms with E-state index in [1.54, 1.807) is 6.07 Å². The highest BCUT2D eigenvalue weighted by Crippen LogP contribution is 2.31. The van der Waals surface area contributed by atoms with Crippen molar-refractivity contribution in [2.75, 3.05) is 13.1 Å². The van der Waals surface area contributed by atoms with Crippen LogP contribution in [-0.4, -0.2) is 37.5 Å². The quantitative estimate of drug-likeness (QED) is 0.826. The molecule has 8 heteroatoms. The number of hydrogen-bond donors (Lipinski definition) is 1. The summed E-state index contributed by atoms with van der Waals surface area (Å²) in [5, 5.41) is 2.58. The topological polar surface area (TPSA) is 83.6 Å². The lowest BCUT2D eigenvalue weighted by molar-refractivity contribution is -0.127.